The Kier molecular flexibility index (Phi) is 65.8. The van der Waals surface area contributed by atoms with Crippen molar-refractivity contribution in [2.45, 2.75) is 0 Å². The summed E-state index contributed by atoms with van der Waals surface area (Å²) in [5.41, 5.74) is 0. The van der Waals surface area contributed by atoms with E-state index in [4.69, 9.17) is 3.87 Å². The first-order valence-electron chi connectivity index (χ1n) is 0.136. The van der Waals surface area contributed by atoms with Gasteiger partial charge in [0.25, 0.3) is 0 Å². The van der Waals surface area contributed by atoms with Crippen molar-refractivity contribution in [1.82, 2.24) is 0 Å². The van der Waals surface area contributed by atoms with Gasteiger partial charge in [-0.25, -0.2) is 0 Å². The molecule has 0 aliphatic heterocycles. The largest absolute Gasteiger partial charge is 0 e. The third kappa shape index (κ3) is 8.88. The molecule has 0 aromatic carbocycles. The van der Waals surface area contributed by atoms with Gasteiger partial charge < -0.3 is 0 Å². The van der Waals surface area contributed by atoms with Crippen LogP contribution in [0.25, 0.3) is 0 Å². The average molecular weight is 301 g/mol. The molecule has 0 spiro atoms. The molecule has 0 aliphatic carbocycles. The maximum absolute atomic E-state index is 7.94. The predicted octanol–water partition coefficient (Wildman–Crippen LogP) is -0.502. The van der Waals surface area contributed by atoms with Crippen molar-refractivity contribution >= 4 is 45.5 Å². The third-order valence-electron chi connectivity index (χ3n) is 0. The molecular formula is CoLaOSr. The molecule has 0 saturated heterocycles. The Morgan fingerprint density at radius 2 is 1.25 bits per heavy atom. The minimum Gasteiger partial charge on any atom is 0 e. The Balaban J connectivity index is -0.00000000500. The average Bonchev–Trinajstić information content (AvgIpc) is 1.00. The zero-order chi connectivity index (χ0) is 2.00. The van der Waals surface area contributed by atoms with Gasteiger partial charge in [0, 0.05) is 81.1 Å². The fraction of sp³-hybridized carbons (Fsp3) is 0. The van der Waals surface area contributed by atoms with E-state index in [9.17, 15) is 0 Å². The molecular weight excluding hydrogens is 301 g/mol. The molecule has 0 aromatic rings. The van der Waals surface area contributed by atoms with Crippen LogP contribution in [0.4, 0.5) is 0 Å². The fourth-order valence-corrected chi connectivity index (χ4v) is 0. The van der Waals surface area contributed by atoms with Gasteiger partial charge in [-0.2, -0.15) is 0 Å². The molecule has 0 amide bonds. The zero-order valence-electron chi connectivity index (χ0n) is 2.03. The second kappa shape index (κ2) is 16.7. The summed E-state index contributed by atoms with van der Waals surface area (Å²) < 4.78 is 7.94. The van der Waals surface area contributed by atoms with Gasteiger partial charge in [-0.05, 0) is 0 Å². The van der Waals surface area contributed by atoms with E-state index in [1.807, 2.05) is 0 Å². The molecule has 0 bridgehead atoms. The smallest absolute Gasteiger partial charge is 0 e. The van der Waals surface area contributed by atoms with Crippen molar-refractivity contribution in [3.63, 3.8) is 0 Å². The van der Waals surface area contributed by atoms with E-state index in [0.29, 0.717) is 0 Å². The van der Waals surface area contributed by atoms with Crippen LogP contribution in [-0.2, 0) is 19.5 Å². The van der Waals surface area contributed by atoms with Gasteiger partial charge in [-0.1, -0.05) is 0 Å². The number of hydrogen-bond donors (Lipinski definition) is 0. The van der Waals surface area contributed by atoms with Gasteiger partial charge in [-0.15, -0.1) is 0 Å². The molecule has 4 heteroatoms. The topological polar surface area (TPSA) is 17.1 Å². The van der Waals surface area contributed by atoms with Crippen molar-refractivity contribution < 1.29 is 55.1 Å². The van der Waals surface area contributed by atoms with Crippen molar-refractivity contribution in [1.29, 1.82) is 0 Å². The quantitative estimate of drug-likeness (QED) is 0.551. The molecule has 0 N–H and O–H groups in total. The summed E-state index contributed by atoms with van der Waals surface area (Å²) in [7, 11) is 0. The summed E-state index contributed by atoms with van der Waals surface area (Å²) in [6.45, 7) is 0. The second-order valence-corrected chi connectivity index (χ2v) is 0. The summed E-state index contributed by atoms with van der Waals surface area (Å²) in [4.78, 5) is 0. The first-order valence-corrected chi connectivity index (χ1v) is 0.561. The van der Waals surface area contributed by atoms with Crippen LogP contribution in [0.2, 0.25) is 0 Å². The second-order valence-electron chi connectivity index (χ2n) is 0. The first kappa shape index (κ1) is 15.8. The van der Waals surface area contributed by atoms with Gasteiger partial charge in [0.2, 0.25) is 0 Å². The molecule has 3 radical (unpaired) electrons. The van der Waals surface area contributed by atoms with Crippen molar-refractivity contribution in [3.05, 3.63) is 0 Å². The Labute approximate surface area is 97.9 Å². The molecule has 0 aromatic heterocycles. The Morgan fingerprint density at radius 3 is 1.25 bits per heavy atom. The van der Waals surface area contributed by atoms with E-state index in [2.05, 4.69) is 15.7 Å². The monoisotopic (exact) mass is 302 g/mol. The predicted molar refractivity (Wildman–Crippen MR) is 6.44 cm³/mol. The Morgan fingerprint density at radius 1 is 1.25 bits per heavy atom. The summed E-state index contributed by atoms with van der Waals surface area (Å²) in [5, 5.41) is 0. The van der Waals surface area contributed by atoms with Crippen LogP contribution in [0.5, 0.6) is 0 Å². The van der Waals surface area contributed by atoms with E-state index in [0.717, 1.165) is 0 Å². The molecule has 0 unspecified atom stereocenters. The van der Waals surface area contributed by atoms with Crippen LogP contribution in [0.3, 0.4) is 0 Å². The molecule has 0 saturated carbocycles. The maximum atomic E-state index is 7.94. The van der Waals surface area contributed by atoms with Crippen molar-refractivity contribution in [3.8, 4) is 0 Å². The summed E-state index contributed by atoms with van der Waals surface area (Å²) in [6.07, 6.45) is 0. The van der Waals surface area contributed by atoms with Gasteiger partial charge >= 0.3 is 19.5 Å². The standard InChI is InChI=1S/Co.La.O.Sr. The molecule has 4 heavy (non-hydrogen) atoms. The van der Waals surface area contributed by atoms with Crippen LogP contribution in [0.15, 0.2) is 0 Å². The Hall–Kier alpha value is 2.98. The number of hydrogen-bond acceptors (Lipinski definition) is 1. The molecule has 20 valence electrons. The third-order valence-corrected chi connectivity index (χ3v) is 0. The van der Waals surface area contributed by atoms with Gasteiger partial charge in [-0.3, -0.25) is 0 Å². The SMILES string of the molecule is [La].[O]=[Co].[Sr]. The summed E-state index contributed by atoms with van der Waals surface area (Å²) in [6, 6.07) is 0. The molecule has 0 aliphatic rings. The van der Waals surface area contributed by atoms with Crippen LogP contribution < -0.4 is 0 Å². The normalized spacial score (nSPS) is 1.25. The van der Waals surface area contributed by atoms with E-state index < -0.39 is 0 Å². The van der Waals surface area contributed by atoms with Crippen LogP contribution in [0.1, 0.15) is 0 Å². The van der Waals surface area contributed by atoms with Crippen molar-refractivity contribution in [2.24, 2.45) is 0 Å². The van der Waals surface area contributed by atoms with Crippen LogP contribution in [-0.4, -0.2) is 45.5 Å². The summed E-state index contributed by atoms with van der Waals surface area (Å²) >= 11 is 2.31. The molecule has 0 fully saturated rings. The van der Waals surface area contributed by atoms with Crippen LogP contribution >= 0.6 is 0 Å². The van der Waals surface area contributed by atoms with Gasteiger partial charge in [0.1, 0.15) is 0 Å². The minimum atomic E-state index is 0. The van der Waals surface area contributed by atoms with Crippen LogP contribution in [0, 0.1) is 35.6 Å². The van der Waals surface area contributed by atoms with Crippen molar-refractivity contribution in [2.75, 3.05) is 0 Å². The Bertz CT molecular complexity index is 8.00. The maximum Gasteiger partial charge on any atom is 0 e. The molecule has 0 rings (SSSR count). The zero-order valence-corrected chi connectivity index (χ0v) is 10.2. The molecule has 0 heterocycles. The van der Waals surface area contributed by atoms with E-state index >= 15 is 0 Å². The van der Waals surface area contributed by atoms with E-state index in [1.165, 1.54) is 0 Å². The minimum absolute atomic E-state index is 0. The first-order chi connectivity index (χ1) is 1.00. The molecule has 0 atom stereocenters. The van der Waals surface area contributed by atoms with Gasteiger partial charge in [0.05, 0.1) is 0 Å². The van der Waals surface area contributed by atoms with E-state index in [-0.39, 0.29) is 81.1 Å². The summed E-state index contributed by atoms with van der Waals surface area (Å²) in [5.74, 6) is 0. The molecule has 1 nitrogen and oxygen atoms in total. The number of rotatable bonds is 0. The fourth-order valence-electron chi connectivity index (χ4n) is 0. The van der Waals surface area contributed by atoms with Gasteiger partial charge in [0.15, 0.2) is 0 Å². The van der Waals surface area contributed by atoms with E-state index in [1.54, 1.807) is 0 Å².